The highest BCUT2D eigenvalue weighted by molar-refractivity contribution is 6.33. The fraction of sp³-hybridized carbons (Fsp3) is 0.138. The standard InChI is InChI=1S/C29H23ClN6O2/c30-23-12-11-19(15-22(23)26(37)35-17-24-25(18-35)33-14-13-32-24)16-36-27(38)29(34-28(36)31,20-7-3-1-4-8-20)21-9-5-2-6-10-21/h1-15H,16-18H2,(H2,31,34). The predicted octanol–water partition coefficient (Wildman–Crippen LogP) is 3.89. The minimum atomic E-state index is -1.29. The maximum atomic E-state index is 14.1. The molecule has 0 aliphatic carbocycles. The third-order valence-electron chi connectivity index (χ3n) is 6.93. The van der Waals surface area contributed by atoms with Crippen molar-refractivity contribution < 1.29 is 9.59 Å². The van der Waals surface area contributed by atoms with Crippen LogP contribution >= 0.6 is 11.6 Å². The first kappa shape index (κ1) is 23.8. The summed E-state index contributed by atoms with van der Waals surface area (Å²) >= 11 is 6.45. The number of aliphatic imine (C=N–C) groups is 1. The van der Waals surface area contributed by atoms with Crippen molar-refractivity contribution in [3.8, 4) is 0 Å². The monoisotopic (exact) mass is 522 g/mol. The fourth-order valence-corrected chi connectivity index (χ4v) is 5.24. The molecular formula is C29H23ClN6O2. The van der Waals surface area contributed by atoms with E-state index in [1.807, 2.05) is 60.7 Å². The van der Waals surface area contributed by atoms with Crippen LogP contribution in [-0.4, -0.2) is 37.5 Å². The van der Waals surface area contributed by atoms with Crippen LogP contribution in [0, 0.1) is 0 Å². The van der Waals surface area contributed by atoms with E-state index < -0.39 is 5.54 Å². The minimum Gasteiger partial charge on any atom is -0.369 e. The number of nitrogens with zero attached hydrogens (tertiary/aromatic N) is 5. The average molecular weight is 523 g/mol. The Labute approximate surface area is 224 Å². The second-order valence-corrected chi connectivity index (χ2v) is 9.64. The van der Waals surface area contributed by atoms with Gasteiger partial charge in [0.25, 0.3) is 11.8 Å². The number of carbonyl (C=O) groups excluding carboxylic acids is 2. The number of aromatic nitrogens is 2. The zero-order valence-corrected chi connectivity index (χ0v) is 21.0. The van der Waals surface area contributed by atoms with Crippen molar-refractivity contribution in [2.75, 3.05) is 0 Å². The van der Waals surface area contributed by atoms with Crippen LogP contribution < -0.4 is 5.73 Å². The summed E-state index contributed by atoms with van der Waals surface area (Å²) in [5.41, 5.74) is 9.14. The molecule has 0 radical (unpaired) electrons. The molecule has 9 heteroatoms. The van der Waals surface area contributed by atoms with Crippen LogP contribution in [0.25, 0.3) is 0 Å². The van der Waals surface area contributed by atoms with E-state index in [0.717, 1.165) is 22.5 Å². The summed E-state index contributed by atoms with van der Waals surface area (Å²) < 4.78 is 0. The summed E-state index contributed by atoms with van der Waals surface area (Å²) in [4.78, 5) is 43.9. The lowest BCUT2D eigenvalue weighted by Crippen LogP contribution is -2.43. The summed E-state index contributed by atoms with van der Waals surface area (Å²) in [6.07, 6.45) is 3.23. The second kappa shape index (κ2) is 9.39. The van der Waals surface area contributed by atoms with E-state index in [0.29, 0.717) is 29.2 Å². The number of carbonyl (C=O) groups is 2. The van der Waals surface area contributed by atoms with Gasteiger partial charge in [0.1, 0.15) is 0 Å². The molecule has 0 unspecified atom stereocenters. The lowest BCUT2D eigenvalue weighted by Gasteiger charge is -2.27. The Kier molecular flexibility index (Phi) is 5.88. The normalized spacial score (nSPS) is 15.9. The summed E-state index contributed by atoms with van der Waals surface area (Å²) in [5, 5.41) is 0.327. The molecule has 0 bridgehead atoms. The van der Waals surface area contributed by atoms with E-state index in [4.69, 9.17) is 22.3 Å². The van der Waals surface area contributed by atoms with E-state index in [1.54, 1.807) is 35.5 Å². The Morgan fingerprint density at radius 1 is 0.895 bits per heavy atom. The van der Waals surface area contributed by atoms with Crippen LogP contribution in [0.4, 0.5) is 0 Å². The van der Waals surface area contributed by atoms with Crippen LogP contribution in [0.15, 0.2) is 96.2 Å². The van der Waals surface area contributed by atoms with E-state index in [-0.39, 0.29) is 24.3 Å². The molecule has 6 rings (SSSR count). The minimum absolute atomic E-state index is 0.109. The van der Waals surface area contributed by atoms with Crippen molar-refractivity contribution >= 4 is 29.4 Å². The Balaban J connectivity index is 1.31. The highest BCUT2D eigenvalue weighted by Gasteiger charge is 2.50. The van der Waals surface area contributed by atoms with E-state index in [1.165, 1.54) is 4.90 Å². The Bertz CT molecular complexity index is 1510. The van der Waals surface area contributed by atoms with Gasteiger partial charge in [0.15, 0.2) is 11.5 Å². The number of amides is 2. The lowest BCUT2D eigenvalue weighted by molar-refractivity contribution is -0.130. The molecule has 1 aromatic heterocycles. The molecule has 0 fully saturated rings. The largest absolute Gasteiger partial charge is 0.369 e. The fourth-order valence-electron chi connectivity index (χ4n) is 5.04. The molecule has 2 N–H and O–H groups in total. The molecule has 3 aromatic carbocycles. The third kappa shape index (κ3) is 3.90. The SMILES string of the molecule is NC1=NC(c2ccccc2)(c2ccccc2)C(=O)N1Cc1ccc(Cl)c(C(=O)N2Cc3nccnc3C2)c1. The third-order valence-corrected chi connectivity index (χ3v) is 7.26. The maximum absolute atomic E-state index is 14.1. The molecule has 188 valence electrons. The zero-order valence-electron chi connectivity index (χ0n) is 20.3. The topological polar surface area (TPSA) is 105 Å². The number of hydrogen-bond donors (Lipinski definition) is 1. The molecule has 3 heterocycles. The first-order chi connectivity index (χ1) is 18.5. The van der Waals surface area contributed by atoms with Crippen LogP contribution in [0.5, 0.6) is 0 Å². The first-order valence-corrected chi connectivity index (χ1v) is 12.5. The number of halogens is 1. The maximum Gasteiger partial charge on any atom is 0.266 e. The van der Waals surface area contributed by atoms with Gasteiger partial charge in [-0.15, -0.1) is 0 Å². The Hall–Kier alpha value is -4.56. The van der Waals surface area contributed by atoms with Gasteiger partial charge in [-0.25, -0.2) is 4.99 Å². The summed E-state index contributed by atoms with van der Waals surface area (Å²) in [5.74, 6) is -0.381. The highest BCUT2D eigenvalue weighted by Crippen LogP contribution is 2.40. The Morgan fingerprint density at radius 3 is 2.05 bits per heavy atom. The molecular weight excluding hydrogens is 500 g/mol. The van der Waals surface area contributed by atoms with Gasteiger partial charge in [-0.3, -0.25) is 24.5 Å². The van der Waals surface area contributed by atoms with Gasteiger partial charge < -0.3 is 10.6 Å². The molecule has 2 aliphatic heterocycles. The number of benzene rings is 3. The van der Waals surface area contributed by atoms with Crippen molar-refractivity contribution in [3.63, 3.8) is 0 Å². The van der Waals surface area contributed by atoms with E-state index in [2.05, 4.69) is 9.97 Å². The average Bonchev–Trinajstić information content (AvgIpc) is 3.50. The van der Waals surface area contributed by atoms with Gasteiger partial charge >= 0.3 is 0 Å². The Morgan fingerprint density at radius 2 is 1.47 bits per heavy atom. The second-order valence-electron chi connectivity index (χ2n) is 9.23. The van der Waals surface area contributed by atoms with Crippen LogP contribution in [-0.2, 0) is 30.0 Å². The molecule has 8 nitrogen and oxygen atoms in total. The molecule has 2 aliphatic rings. The molecule has 0 atom stereocenters. The van der Waals surface area contributed by atoms with Crippen molar-refractivity contribution in [2.45, 2.75) is 25.2 Å². The van der Waals surface area contributed by atoms with E-state index >= 15 is 0 Å². The number of rotatable bonds is 5. The first-order valence-electron chi connectivity index (χ1n) is 12.1. The molecule has 0 saturated carbocycles. The van der Waals surface area contributed by atoms with Crippen LogP contribution in [0.1, 0.15) is 38.4 Å². The van der Waals surface area contributed by atoms with Gasteiger partial charge in [-0.2, -0.15) is 0 Å². The van der Waals surface area contributed by atoms with Gasteiger partial charge in [-0.05, 0) is 28.8 Å². The van der Waals surface area contributed by atoms with Gasteiger partial charge in [0, 0.05) is 12.4 Å². The van der Waals surface area contributed by atoms with Gasteiger partial charge in [-0.1, -0.05) is 78.3 Å². The number of hydrogen-bond acceptors (Lipinski definition) is 6. The summed E-state index contributed by atoms with van der Waals surface area (Å²) in [6.45, 7) is 0.864. The van der Waals surface area contributed by atoms with Crippen LogP contribution in [0.3, 0.4) is 0 Å². The smallest absolute Gasteiger partial charge is 0.266 e. The number of guanidine groups is 1. The summed E-state index contributed by atoms with van der Waals surface area (Å²) in [6, 6.07) is 24.0. The predicted molar refractivity (Wildman–Crippen MR) is 143 cm³/mol. The van der Waals surface area contributed by atoms with E-state index in [9.17, 15) is 9.59 Å². The van der Waals surface area contributed by atoms with Crippen molar-refractivity contribution in [3.05, 3.63) is 130 Å². The molecule has 38 heavy (non-hydrogen) atoms. The van der Waals surface area contributed by atoms with Crippen LogP contribution in [0.2, 0.25) is 5.02 Å². The zero-order chi connectivity index (χ0) is 26.3. The highest BCUT2D eigenvalue weighted by atomic mass is 35.5. The molecule has 0 spiro atoms. The number of nitrogens with two attached hydrogens (primary N) is 1. The number of fused-ring (bicyclic) bond motifs is 1. The molecule has 0 saturated heterocycles. The molecule has 4 aromatic rings. The lowest BCUT2D eigenvalue weighted by atomic mass is 9.83. The van der Waals surface area contributed by atoms with Crippen molar-refractivity contribution in [2.24, 2.45) is 10.7 Å². The summed E-state index contributed by atoms with van der Waals surface area (Å²) in [7, 11) is 0. The van der Waals surface area contributed by atoms with Gasteiger partial charge in [0.2, 0.25) is 0 Å². The van der Waals surface area contributed by atoms with Crippen molar-refractivity contribution in [1.82, 2.24) is 19.8 Å². The van der Waals surface area contributed by atoms with Gasteiger partial charge in [0.05, 0.1) is 41.6 Å². The quantitative estimate of drug-likeness (QED) is 0.428. The molecule has 2 amide bonds. The van der Waals surface area contributed by atoms with Crippen molar-refractivity contribution in [1.29, 1.82) is 0 Å².